The molecule has 0 rings (SSSR count). The summed E-state index contributed by atoms with van der Waals surface area (Å²) in [5, 5.41) is 0. The highest BCUT2D eigenvalue weighted by molar-refractivity contribution is 5.78. The van der Waals surface area contributed by atoms with E-state index in [4.69, 9.17) is 0 Å². The molecule has 0 fully saturated rings. The Balaban J connectivity index is 3.48. The van der Waals surface area contributed by atoms with Crippen molar-refractivity contribution >= 4 is 5.78 Å². The van der Waals surface area contributed by atoms with Crippen LogP contribution in [0.15, 0.2) is 12.7 Å². The second-order valence-electron chi connectivity index (χ2n) is 3.96. The van der Waals surface area contributed by atoms with E-state index in [1.54, 1.807) is 0 Å². The Labute approximate surface area is 88.6 Å². The third-order valence-corrected chi connectivity index (χ3v) is 2.78. The fourth-order valence-corrected chi connectivity index (χ4v) is 1.61. The maximum atomic E-state index is 11.5. The third kappa shape index (κ3) is 6.88. The average Bonchev–Trinajstić information content (AvgIpc) is 2.21. The minimum Gasteiger partial charge on any atom is -0.300 e. The predicted octanol–water partition coefficient (Wildman–Crippen LogP) is 4.13. The molecular weight excluding hydrogens is 172 g/mol. The van der Waals surface area contributed by atoms with Gasteiger partial charge in [0.05, 0.1) is 0 Å². The lowest BCUT2D eigenvalue weighted by Crippen LogP contribution is -2.06. The number of unbranched alkanes of at least 4 members (excludes halogenated alkanes) is 2. The van der Waals surface area contributed by atoms with Crippen LogP contribution >= 0.6 is 0 Å². The van der Waals surface area contributed by atoms with E-state index in [2.05, 4.69) is 20.4 Å². The smallest absolute Gasteiger partial charge is 0.133 e. The molecule has 0 radical (unpaired) electrons. The van der Waals surface area contributed by atoms with Crippen molar-refractivity contribution in [2.45, 2.75) is 58.8 Å². The first-order valence-corrected chi connectivity index (χ1v) is 5.87. The van der Waals surface area contributed by atoms with Gasteiger partial charge in [0, 0.05) is 12.8 Å². The molecule has 0 saturated carbocycles. The number of ketones is 1. The van der Waals surface area contributed by atoms with Crippen LogP contribution in [-0.2, 0) is 4.79 Å². The van der Waals surface area contributed by atoms with E-state index < -0.39 is 0 Å². The van der Waals surface area contributed by atoms with Crippen LogP contribution in [0, 0.1) is 5.92 Å². The highest BCUT2D eigenvalue weighted by Gasteiger charge is 2.09. The summed E-state index contributed by atoms with van der Waals surface area (Å²) in [6.07, 6.45) is 8.93. The number of hydrogen-bond acceptors (Lipinski definition) is 1. The Kier molecular flexibility index (Phi) is 8.61. The molecule has 0 spiro atoms. The summed E-state index contributed by atoms with van der Waals surface area (Å²) in [5.74, 6) is 1.06. The monoisotopic (exact) mass is 196 g/mol. The van der Waals surface area contributed by atoms with Crippen LogP contribution in [0.3, 0.4) is 0 Å². The van der Waals surface area contributed by atoms with Crippen molar-refractivity contribution in [3.05, 3.63) is 12.7 Å². The largest absolute Gasteiger partial charge is 0.300 e. The van der Waals surface area contributed by atoms with Gasteiger partial charge in [0.15, 0.2) is 0 Å². The highest BCUT2D eigenvalue weighted by Crippen LogP contribution is 2.15. The zero-order chi connectivity index (χ0) is 10.8. The van der Waals surface area contributed by atoms with Crippen LogP contribution < -0.4 is 0 Å². The maximum Gasteiger partial charge on any atom is 0.133 e. The van der Waals surface area contributed by atoms with E-state index in [1.165, 1.54) is 0 Å². The Bertz CT molecular complexity index is 157. The van der Waals surface area contributed by atoms with Crippen molar-refractivity contribution in [1.82, 2.24) is 0 Å². The summed E-state index contributed by atoms with van der Waals surface area (Å²) in [4.78, 5) is 11.5. The molecule has 0 aliphatic carbocycles. The van der Waals surface area contributed by atoms with Gasteiger partial charge in [-0.3, -0.25) is 4.79 Å². The molecule has 0 heterocycles. The minimum absolute atomic E-state index is 0.447. The first kappa shape index (κ1) is 13.4. The topological polar surface area (TPSA) is 17.1 Å². The lowest BCUT2D eigenvalue weighted by atomic mass is 9.95. The van der Waals surface area contributed by atoms with E-state index >= 15 is 0 Å². The molecule has 0 aromatic carbocycles. The molecule has 1 nitrogen and oxygen atoms in total. The molecule has 0 saturated heterocycles. The molecule has 0 aromatic heterocycles. The molecule has 0 amide bonds. The summed E-state index contributed by atoms with van der Waals surface area (Å²) >= 11 is 0. The lowest BCUT2D eigenvalue weighted by Gasteiger charge is -2.10. The molecule has 0 bridgehead atoms. The van der Waals surface area contributed by atoms with Crippen LogP contribution in [0.5, 0.6) is 0 Å². The number of allylic oxidation sites excluding steroid dienone is 1. The molecule has 0 N–H and O–H groups in total. The lowest BCUT2D eigenvalue weighted by molar-refractivity contribution is -0.120. The molecule has 1 heteroatoms. The van der Waals surface area contributed by atoms with Crippen LogP contribution in [0.1, 0.15) is 58.8 Å². The quantitative estimate of drug-likeness (QED) is 0.400. The number of carbonyl (C=O) groups is 1. The Morgan fingerprint density at radius 2 is 1.93 bits per heavy atom. The standard InChI is InChI=1S/C13H24O/c1-4-7-8-9-10-13(14)11-12(5-2)6-3/h4,12H,1,5-11H2,2-3H3. The molecule has 0 aliphatic rings. The van der Waals surface area contributed by atoms with Crippen molar-refractivity contribution in [2.24, 2.45) is 5.92 Å². The summed E-state index contributed by atoms with van der Waals surface area (Å²) in [6, 6.07) is 0. The van der Waals surface area contributed by atoms with Crippen molar-refractivity contribution in [3.63, 3.8) is 0 Å². The Hall–Kier alpha value is -0.590. The first-order chi connectivity index (χ1) is 6.74. The average molecular weight is 196 g/mol. The molecular formula is C13H24O. The van der Waals surface area contributed by atoms with Crippen molar-refractivity contribution in [3.8, 4) is 0 Å². The normalized spacial score (nSPS) is 10.5. The highest BCUT2D eigenvalue weighted by atomic mass is 16.1. The third-order valence-electron chi connectivity index (χ3n) is 2.78. The van der Waals surface area contributed by atoms with Crippen LogP contribution in [0.4, 0.5) is 0 Å². The van der Waals surface area contributed by atoms with Gasteiger partial charge < -0.3 is 0 Å². The van der Waals surface area contributed by atoms with Crippen LogP contribution in [-0.4, -0.2) is 5.78 Å². The summed E-state index contributed by atoms with van der Waals surface area (Å²) in [6.45, 7) is 8.00. The predicted molar refractivity (Wildman–Crippen MR) is 62.4 cm³/mol. The molecule has 14 heavy (non-hydrogen) atoms. The second kappa shape index (κ2) is 8.98. The van der Waals surface area contributed by atoms with Gasteiger partial charge in [0.1, 0.15) is 5.78 Å². The van der Waals surface area contributed by atoms with Gasteiger partial charge in [-0.1, -0.05) is 32.8 Å². The zero-order valence-electron chi connectivity index (χ0n) is 9.72. The number of hydrogen-bond donors (Lipinski definition) is 0. The summed E-state index contributed by atoms with van der Waals surface area (Å²) < 4.78 is 0. The van der Waals surface area contributed by atoms with Crippen molar-refractivity contribution < 1.29 is 4.79 Å². The maximum absolute atomic E-state index is 11.5. The zero-order valence-corrected chi connectivity index (χ0v) is 9.72. The molecule has 0 aliphatic heterocycles. The van der Waals surface area contributed by atoms with Crippen molar-refractivity contribution in [2.75, 3.05) is 0 Å². The van der Waals surface area contributed by atoms with Gasteiger partial charge in [-0.2, -0.15) is 0 Å². The Morgan fingerprint density at radius 1 is 1.29 bits per heavy atom. The van der Waals surface area contributed by atoms with Gasteiger partial charge in [0.25, 0.3) is 0 Å². The summed E-state index contributed by atoms with van der Waals surface area (Å²) in [5.41, 5.74) is 0. The minimum atomic E-state index is 0.447. The molecule has 0 unspecified atom stereocenters. The first-order valence-electron chi connectivity index (χ1n) is 5.87. The van der Waals surface area contributed by atoms with E-state index in [9.17, 15) is 4.79 Å². The molecule has 0 atom stereocenters. The van der Waals surface area contributed by atoms with Crippen molar-refractivity contribution in [1.29, 1.82) is 0 Å². The SMILES string of the molecule is C=CCCCCC(=O)CC(CC)CC. The van der Waals surface area contributed by atoms with E-state index in [1.807, 2.05) is 6.08 Å². The fourth-order valence-electron chi connectivity index (χ4n) is 1.61. The fraction of sp³-hybridized carbons (Fsp3) is 0.769. The van der Waals surface area contributed by atoms with Gasteiger partial charge >= 0.3 is 0 Å². The number of carbonyl (C=O) groups excluding carboxylic acids is 1. The number of Topliss-reactive ketones (excluding diaryl/α,β-unsaturated/α-hetero) is 1. The van der Waals surface area contributed by atoms with Gasteiger partial charge in [-0.05, 0) is 25.2 Å². The summed E-state index contributed by atoms with van der Waals surface area (Å²) in [7, 11) is 0. The Morgan fingerprint density at radius 3 is 2.43 bits per heavy atom. The number of rotatable bonds is 9. The molecule has 82 valence electrons. The van der Waals surface area contributed by atoms with Gasteiger partial charge in [0.2, 0.25) is 0 Å². The van der Waals surface area contributed by atoms with Crippen LogP contribution in [0.25, 0.3) is 0 Å². The molecule has 0 aromatic rings. The van der Waals surface area contributed by atoms with E-state index in [-0.39, 0.29) is 0 Å². The van der Waals surface area contributed by atoms with E-state index in [0.717, 1.165) is 44.9 Å². The second-order valence-corrected chi connectivity index (χ2v) is 3.96. The van der Waals surface area contributed by atoms with Crippen LogP contribution in [0.2, 0.25) is 0 Å². The van der Waals surface area contributed by atoms with E-state index in [0.29, 0.717) is 11.7 Å². The van der Waals surface area contributed by atoms with Gasteiger partial charge in [-0.15, -0.1) is 6.58 Å². The van der Waals surface area contributed by atoms with Gasteiger partial charge in [-0.25, -0.2) is 0 Å².